The molecule has 284 valence electrons. The molecule has 9 nitrogen and oxygen atoms in total. The lowest BCUT2D eigenvalue weighted by Gasteiger charge is -2.19. The molecule has 0 aromatic carbocycles. The molecular weight excluding hydrogens is 641 g/mol. The highest BCUT2D eigenvalue weighted by Crippen LogP contribution is 2.43. The van der Waals surface area contributed by atoms with E-state index in [2.05, 4.69) is 62.5 Å². The normalized spacial score (nSPS) is 14.0. The first kappa shape index (κ1) is 47.0. The highest BCUT2D eigenvalue weighted by atomic mass is 31.2. The van der Waals surface area contributed by atoms with Crippen LogP contribution in [-0.4, -0.2) is 49.3 Å². The number of carbonyl (C=O) groups excluding carboxylic acids is 2. The molecule has 0 aliphatic heterocycles. The third-order valence-corrected chi connectivity index (χ3v) is 8.68. The van der Waals surface area contributed by atoms with E-state index in [-0.39, 0.29) is 32.6 Å². The topological polar surface area (TPSA) is 134 Å². The number of ether oxygens (including phenoxy) is 2. The molecular formula is C39H70NO8P. The van der Waals surface area contributed by atoms with E-state index < -0.39 is 32.5 Å². The summed E-state index contributed by atoms with van der Waals surface area (Å²) < 4.78 is 32.6. The molecule has 0 fully saturated rings. The zero-order valence-electron chi connectivity index (χ0n) is 30.9. The predicted octanol–water partition coefficient (Wildman–Crippen LogP) is 10.4. The molecule has 0 heterocycles. The summed E-state index contributed by atoms with van der Waals surface area (Å²) in [4.78, 5) is 34.7. The summed E-state index contributed by atoms with van der Waals surface area (Å²) in [6, 6.07) is 0. The van der Waals surface area contributed by atoms with Crippen LogP contribution in [0.3, 0.4) is 0 Å². The molecule has 10 heteroatoms. The van der Waals surface area contributed by atoms with E-state index in [1.807, 2.05) is 0 Å². The van der Waals surface area contributed by atoms with Crippen molar-refractivity contribution in [3.05, 3.63) is 48.6 Å². The number of allylic oxidation sites excluding steroid dienone is 8. The molecule has 0 rings (SSSR count). The van der Waals surface area contributed by atoms with Crippen LogP contribution in [0.25, 0.3) is 0 Å². The van der Waals surface area contributed by atoms with E-state index in [1.54, 1.807) is 0 Å². The first-order chi connectivity index (χ1) is 23.8. The van der Waals surface area contributed by atoms with Gasteiger partial charge in [0, 0.05) is 19.4 Å². The number of phosphoric ester groups is 1. The van der Waals surface area contributed by atoms with Crippen LogP contribution in [0, 0.1) is 0 Å². The number of phosphoric acid groups is 1. The molecule has 0 bridgehead atoms. The van der Waals surface area contributed by atoms with Gasteiger partial charge in [-0.2, -0.15) is 0 Å². The lowest BCUT2D eigenvalue weighted by atomic mass is 10.1. The average molecular weight is 712 g/mol. The quantitative estimate of drug-likeness (QED) is 0.0285. The van der Waals surface area contributed by atoms with Crippen LogP contribution < -0.4 is 5.73 Å². The minimum absolute atomic E-state index is 0.0488. The van der Waals surface area contributed by atoms with E-state index in [0.29, 0.717) is 6.42 Å². The minimum atomic E-state index is -4.37. The molecule has 2 unspecified atom stereocenters. The number of esters is 2. The molecule has 0 saturated heterocycles. The highest BCUT2D eigenvalue weighted by molar-refractivity contribution is 7.47. The predicted molar refractivity (Wildman–Crippen MR) is 201 cm³/mol. The molecule has 2 atom stereocenters. The van der Waals surface area contributed by atoms with Crippen molar-refractivity contribution in [2.45, 2.75) is 161 Å². The Bertz CT molecular complexity index is 949. The standard InChI is InChI=1S/C39H70NO8P/c1-3-5-7-9-11-13-15-16-17-18-19-20-22-24-26-28-30-32-39(42)48-37(36-47-49(43,44)46-34-33-40)35-45-38(41)31-29-27-25-23-21-14-12-10-8-6-4-2/h5,7,10-13,16-17,37H,3-4,6,8-9,14-15,18-36,40H2,1-2H3,(H,43,44)/b7-5-,12-10-,13-11-,17-16-. The molecule has 0 aromatic heterocycles. The Kier molecular flexibility index (Phi) is 34.3. The van der Waals surface area contributed by atoms with Gasteiger partial charge in [0.1, 0.15) is 6.61 Å². The summed E-state index contributed by atoms with van der Waals surface area (Å²) in [5, 5.41) is 0. The van der Waals surface area contributed by atoms with Gasteiger partial charge in [-0.25, -0.2) is 4.57 Å². The second kappa shape index (κ2) is 35.8. The Morgan fingerprint density at radius 3 is 1.69 bits per heavy atom. The number of hydrogen-bond acceptors (Lipinski definition) is 8. The van der Waals surface area contributed by atoms with Crippen molar-refractivity contribution in [1.82, 2.24) is 0 Å². The summed E-state index contributed by atoms with van der Waals surface area (Å²) in [6.07, 6.45) is 38.5. The summed E-state index contributed by atoms with van der Waals surface area (Å²) in [5.74, 6) is -0.856. The molecule has 0 spiro atoms. The van der Waals surface area contributed by atoms with Crippen molar-refractivity contribution in [3.8, 4) is 0 Å². The monoisotopic (exact) mass is 711 g/mol. The van der Waals surface area contributed by atoms with Crippen molar-refractivity contribution in [3.63, 3.8) is 0 Å². The van der Waals surface area contributed by atoms with Gasteiger partial charge in [0.25, 0.3) is 0 Å². The van der Waals surface area contributed by atoms with Crippen LogP contribution in [-0.2, 0) is 32.7 Å². The van der Waals surface area contributed by atoms with E-state index >= 15 is 0 Å². The van der Waals surface area contributed by atoms with Crippen molar-refractivity contribution >= 4 is 19.8 Å². The largest absolute Gasteiger partial charge is 0.472 e. The fourth-order valence-electron chi connectivity index (χ4n) is 4.86. The number of carbonyl (C=O) groups is 2. The SMILES string of the molecule is CC/C=C\C/C=C\C/C=C\CCCCCCCCCC(=O)OC(COC(=O)CCCCCCC/C=C\CCCC)COP(=O)(O)OCCN. The maximum absolute atomic E-state index is 12.5. The zero-order valence-corrected chi connectivity index (χ0v) is 31.8. The summed E-state index contributed by atoms with van der Waals surface area (Å²) in [5.41, 5.74) is 5.33. The molecule has 49 heavy (non-hydrogen) atoms. The molecule has 3 N–H and O–H groups in total. The Morgan fingerprint density at radius 1 is 0.633 bits per heavy atom. The van der Waals surface area contributed by atoms with E-state index in [0.717, 1.165) is 89.9 Å². The van der Waals surface area contributed by atoms with E-state index in [1.165, 1.54) is 32.1 Å². The zero-order chi connectivity index (χ0) is 36.1. The molecule has 0 saturated carbocycles. The Balaban J connectivity index is 4.24. The maximum atomic E-state index is 12.5. The Hall–Kier alpha value is -2.03. The second-order valence-corrected chi connectivity index (χ2v) is 13.9. The molecule has 0 radical (unpaired) electrons. The number of hydrogen-bond donors (Lipinski definition) is 2. The van der Waals surface area contributed by atoms with Crippen molar-refractivity contribution in [2.75, 3.05) is 26.4 Å². The number of unbranched alkanes of at least 4 members (excludes halogenated alkanes) is 14. The van der Waals surface area contributed by atoms with Crippen molar-refractivity contribution < 1.29 is 37.6 Å². The lowest BCUT2D eigenvalue weighted by molar-refractivity contribution is -0.161. The fraction of sp³-hybridized carbons (Fsp3) is 0.744. The lowest BCUT2D eigenvalue weighted by Crippen LogP contribution is -2.29. The Morgan fingerprint density at radius 2 is 1.12 bits per heavy atom. The minimum Gasteiger partial charge on any atom is -0.462 e. The fourth-order valence-corrected chi connectivity index (χ4v) is 5.63. The third-order valence-electron chi connectivity index (χ3n) is 7.70. The first-order valence-electron chi connectivity index (χ1n) is 19.1. The van der Waals surface area contributed by atoms with E-state index in [4.69, 9.17) is 24.3 Å². The number of nitrogens with two attached hydrogens (primary N) is 1. The summed E-state index contributed by atoms with van der Waals surface area (Å²) >= 11 is 0. The highest BCUT2D eigenvalue weighted by Gasteiger charge is 2.25. The van der Waals surface area contributed by atoms with Gasteiger partial charge >= 0.3 is 19.8 Å². The van der Waals surface area contributed by atoms with Gasteiger partial charge in [-0.05, 0) is 64.2 Å². The van der Waals surface area contributed by atoms with Gasteiger partial charge in [0.05, 0.1) is 13.2 Å². The second-order valence-electron chi connectivity index (χ2n) is 12.4. The van der Waals surface area contributed by atoms with Gasteiger partial charge in [-0.3, -0.25) is 18.6 Å². The molecule has 0 aromatic rings. The van der Waals surface area contributed by atoms with Crippen LogP contribution >= 0.6 is 7.82 Å². The number of rotatable bonds is 35. The first-order valence-corrected chi connectivity index (χ1v) is 20.6. The summed E-state index contributed by atoms with van der Waals surface area (Å²) in [7, 11) is -4.37. The average Bonchev–Trinajstić information content (AvgIpc) is 3.08. The van der Waals surface area contributed by atoms with Crippen LogP contribution in [0.15, 0.2) is 48.6 Å². The molecule has 0 aliphatic carbocycles. The summed E-state index contributed by atoms with van der Waals surface area (Å²) in [6.45, 7) is 3.54. The molecule has 0 amide bonds. The van der Waals surface area contributed by atoms with E-state index in [9.17, 15) is 19.0 Å². The van der Waals surface area contributed by atoms with Crippen molar-refractivity contribution in [1.29, 1.82) is 0 Å². The van der Waals surface area contributed by atoms with Crippen LogP contribution in [0.1, 0.15) is 155 Å². The van der Waals surface area contributed by atoms with Gasteiger partial charge in [-0.1, -0.05) is 127 Å². The smallest absolute Gasteiger partial charge is 0.462 e. The van der Waals surface area contributed by atoms with Crippen LogP contribution in [0.2, 0.25) is 0 Å². The van der Waals surface area contributed by atoms with Gasteiger partial charge < -0.3 is 20.1 Å². The Labute approximate surface area is 298 Å². The van der Waals surface area contributed by atoms with Gasteiger partial charge in [0.15, 0.2) is 6.10 Å². The van der Waals surface area contributed by atoms with Gasteiger partial charge in [0.2, 0.25) is 0 Å². The maximum Gasteiger partial charge on any atom is 0.472 e. The van der Waals surface area contributed by atoms with Crippen LogP contribution in [0.5, 0.6) is 0 Å². The van der Waals surface area contributed by atoms with Crippen molar-refractivity contribution in [2.24, 2.45) is 5.73 Å². The third kappa shape index (κ3) is 35.6. The van der Waals surface area contributed by atoms with Gasteiger partial charge in [-0.15, -0.1) is 0 Å². The molecule has 0 aliphatic rings. The van der Waals surface area contributed by atoms with Crippen LogP contribution in [0.4, 0.5) is 0 Å².